The second-order valence-corrected chi connectivity index (χ2v) is 6.83. The number of anilines is 1. The molecule has 110 valence electrons. The topological polar surface area (TPSA) is 83.1 Å². The van der Waals surface area contributed by atoms with Gasteiger partial charge in [-0.05, 0) is 43.5 Å². The first-order chi connectivity index (χ1) is 10.00. The van der Waals surface area contributed by atoms with Gasteiger partial charge < -0.3 is 4.98 Å². The number of fused-ring (bicyclic) bond motifs is 1. The number of Topliss-reactive ketones (excluding diaryl/α,β-unsaturated/α-hetero) is 1. The van der Waals surface area contributed by atoms with Crippen LogP contribution in [0.25, 0.3) is 0 Å². The monoisotopic (exact) mass is 305 g/mol. The van der Waals surface area contributed by atoms with Gasteiger partial charge in [0.2, 0.25) is 0 Å². The Labute approximate surface area is 122 Å². The van der Waals surface area contributed by atoms with E-state index < -0.39 is 10.0 Å². The number of benzene rings is 1. The van der Waals surface area contributed by atoms with Crippen molar-refractivity contribution in [3.8, 4) is 0 Å². The highest BCUT2D eigenvalue weighted by molar-refractivity contribution is 7.92. The number of carbonyl (C=O) groups excluding carboxylic acids is 1. The molecule has 0 spiro atoms. The van der Waals surface area contributed by atoms with Crippen LogP contribution >= 0.6 is 0 Å². The number of nitrogens with one attached hydrogen (secondary N) is 1. The lowest BCUT2D eigenvalue weighted by molar-refractivity contribution is 0.101. The molecule has 0 bridgehead atoms. The van der Waals surface area contributed by atoms with Crippen LogP contribution in [0.5, 0.6) is 0 Å². The lowest BCUT2D eigenvalue weighted by atomic mass is 9.99. The zero-order chi connectivity index (χ0) is 15.0. The molecule has 6 nitrogen and oxygen atoms in total. The minimum absolute atomic E-state index is 0.0219. The Hall–Kier alpha value is -2.15. The van der Waals surface area contributed by atoms with Gasteiger partial charge in [-0.25, -0.2) is 4.98 Å². The molecule has 2 heterocycles. The second kappa shape index (κ2) is 5.00. The molecular formula is C14H15N3O3S. The van der Waals surface area contributed by atoms with Crippen LogP contribution in [0.3, 0.4) is 0 Å². The quantitative estimate of drug-likeness (QED) is 0.876. The number of nitrogens with zero attached hydrogens (tertiary/aromatic N) is 2. The summed E-state index contributed by atoms with van der Waals surface area (Å²) in [5.74, 6) is -0.0219. The molecular weight excluding hydrogens is 290 g/mol. The van der Waals surface area contributed by atoms with Gasteiger partial charge in [0, 0.05) is 12.1 Å². The van der Waals surface area contributed by atoms with E-state index in [1.807, 2.05) is 0 Å². The molecule has 1 aliphatic rings. The van der Waals surface area contributed by atoms with E-state index in [1.54, 1.807) is 18.2 Å². The van der Waals surface area contributed by atoms with Gasteiger partial charge in [-0.15, -0.1) is 0 Å². The van der Waals surface area contributed by atoms with Crippen molar-refractivity contribution in [2.24, 2.45) is 0 Å². The number of aryl methyl sites for hydroxylation is 1. The van der Waals surface area contributed by atoms with Crippen LogP contribution in [0.1, 0.15) is 29.3 Å². The summed E-state index contributed by atoms with van der Waals surface area (Å²) in [5, 5.41) is 0.0750. The predicted octanol–water partition coefficient (Wildman–Crippen LogP) is 1.75. The van der Waals surface area contributed by atoms with Crippen LogP contribution < -0.4 is 4.31 Å². The maximum Gasteiger partial charge on any atom is 0.281 e. The summed E-state index contributed by atoms with van der Waals surface area (Å²) in [5.41, 5.74) is 2.13. The minimum atomic E-state index is -3.63. The molecule has 0 radical (unpaired) electrons. The van der Waals surface area contributed by atoms with Gasteiger partial charge in [-0.2, -0.15) is 8.42 Å². The van der Waals surface area contributed by atoms with E-state index in [2.05, 4.69) is 9.97 Å². The largest absolute Gasteiger partial charge is 0.334 e. The molecule has 2 aromatic rings. The summed E-state index contributed by atoms with van der Waals surface area (Å²) in [6, 6.07) is 5.16. The molecule has 0 amide bonds. The van der Waals surface area contributed by atoms with Gasteiger partial charge >= 0.3 is 0 Å². The van der Waals surface area contributed by atoms with E-state index in [-0.39, 0.29) is 10.8 Å². The highest BCUT2D eigenvalue weighted by Crippen LogP contribution is 2.32. The average Bonchev–Trinajstić information content (AvgIpc) is 3.00. The fourth-order valence-corrected chi connectivity index (χ4v) is 3.97. The SMILES string of the molecule is CC(=O)c1ccc2c(c1)CCCN2S(=O)(=O)c1cnc[nH]1. The Bertz CT molecular complexity index is 782. The van der Waals surface area contributed by atoms with Gasteiger partial charge in [0.1, 0.15) is 0 Å². The van der Waals surface area contributed by atoms with E-state index in [0.717, 1.165) is 18.4 Å². The number of aromatic nitrogens is 2. The van der Waals surface area contributed by atoms with Crippen molar-refractivity contribution in [2.75, 3.05) is 10.8 Å². The van der Waals surface area contributed by atoms with E-state index in [1.165, 1.54) is 23.8 Å². The molecule has 1 aliphatic heterocycles. The van der Waals surface area contributed by atoms with E-state index in [4.69, 9.17) is 0 Å². The van der Waals surface area contributed by atoms with Crippen LogP contribution in [0.15, 0.2) is 35.7 Å². The van der Waals surface area contributed by atoms with E-state index in [9.17, 15) is 13.2 Å². The summed E-state index contributed by atoms with van der Waals surface area (Å²) in [6.07, 6.45) is 4.14. The lowest BCUT2D eigenvalue weighted by Gasteiger charge is -2.30. The fourth-order valence-electron chi connectivity index (χ4n) is 2.53. The maximum atomic E-state index is 12.6. The third-order valence-corrected chi connectivity index (χ3v) is 5.34. The van der Waals surface area contributed by atoms with E-state index in [0.29, 0.717) is 17.8 Å². The zero-order valence-corrected chi connectivity index (χ0v) is 12.4. The molecule has 1 aromatic carbocycles. The van der Waals surface area contributed by atoms with Crippen LogP contribution in [-0.4, -0.2) is 30.7 Å². The number of rotatable bonds is 3. The molecule has 0 saturated heterocycles. The second-order valence-electron chi connectivity index (χ2n) is 5.00. The highest BCUT2D eigenvalue weighted by Gasteiger charge is 2.30. The number of carbonyl (C=O) groups is 1. The number of hydrogen-bond donors (Lipinski definition) is 1. The lowest BCUT2D eigenvalue weighted by Crippen LogP contribution is -2.35. The van der Waals surface area contributed by atoms with Crippen molar-refractivity contribution in [1.82, 2.24) is 9.97 Å². The molecule has 21 heavy (non-hydrogen) atoms. The molecule has 7 heteroatoms. The number of aromatic amines is 1. The number of H-pyrrole nitrogens is 1. The molecule has 0 atom stereocenters. The third kappa shape index (κ3) is 2.33. The maximum absolute atomic E-state index is 12.6. The smallest absolute Gasteiger partial charge is 0.281 e. The summed E-state index contributed by atoms with van der Waals surface area (Å²) < 4.78 is 26.6. The Kier molecular flexibility index (Phi) is 3.29. The molecule has 0 saturated carbocycles. The summed E-state index contributed by atoms with van der Waals surface area (Å²) >= 11 is 0. The normalized spacial score (nSPS) is 14.8. The van der Waals surface area contributed by atoms with Gasteiger partial charge in [-0.3, -0.25) is 9.10 Å². The fraction of sp³-hybridized carbons (Fsp3) is 0.286. The van der Waals surface area contributed by atoms with Crippen molar-refractivity contribution in [1.29, 1.82) is 0 Å². The van der Waals surface area contributed by atoms with Gasteiger partial charge in [0.05, 0.1) is 18.2 Å². The van der Waals surface area contributed by atoms with Crippen LogP contribution in [0.2, 0.25) is 0 Å². The van der Waals surface area contributed by atoms with Gasteiger partial charge in [0.25, 0.3) is 10.0 Å². The van der Waals surface area contributed by atoms with Crippen molar-refractivity contribution in [3.05, 3.63) is 41.9 Å². The average molecular weight is 305 g/mol. The van der Waals surface area contributed by atoms with Crippen LogP contribution in [-0.2, 0) is 16.4 Å². The molecule has 0 fully saturated rings. The summed E-state index contributed by atoms with van der Waals surface area (Å²) in [4.78, 5) is 17.9. The summed E-state index contributed by atoms with van der Waals surface area (Å²) in [7, 11) is -3.63. The zero-order valence-electron chi connectivity index (χ0n) is 11.5. The molecule has 0 aliphatic carbocycles. The standard InChI is InChI=1S/C14H15N3O3S/c1-10(18)11-4-5-13-12(7-11)3-2-6-17(13)21(19,20)14-8-15-9-16-14/h4-5,7-9H,2-3,6H2,1H3,(H,15,16). The first-order valence-corrected chi connectivity index (χ1v) is 8.09. The number of imidazole rings is 1. The van der Waals surface area contributed by atoms with Crippen LogP contribution in [0, 0.1) is 0 Å². The molecule has 3 rings (SSSR count). The Morgan fingerprint density at radius 3 is 2.86 bits per heavy atom. The first-order valence-electron chi connectivity index (χ1n) is 6.65. The Morgan fingerprint density at radius 1 is 1.38 bits per heavy atom. The molecule has 1 aromatic heterocycles. The van der Waals surface area contributed by atoms with Crippen molar-refractivity contribution < 1.29 is 13.2 Å². The van der Waals surface area contributed by atoms with Gasteiger partial charge in [-0.1, -0.05) is 0 Å². The number of ketones is 1. The van der Waals surface area contributed by atoms with Crippen molar-refractivity contribution in [3.63, 3.8) is 0 Å². The third-order valence-electron chi connectivity index (χ3n) is 3.60. The molecule has 1 N–H and O–H groups in total. The number of hydrogen-bond acceptors (Lipinski definition) is 4. The Morgan fingerprint density at radius 2 is 2.19 bits per heavy atom. The Balaban J connectivity index is 2.07. The van der Waals surface area contributed by atoms with Gasteiger partial charge in [0.15, 0.2) is 10.8 Å². The first kappa shape index (κ1) is 13.8. The van der Waals surface area contributed by atoms with Crippen LogP contribution in [0.4, 0.5) is 5.69 Å². The predicted molar refractivity (Wildman–Crippen MR) is 77.9 cm³/mol. The number of sulfonamides is 1. The van der Waals surface area contributed by atoms with E-state index >= 15 is 0 Å². The minimum Gasteiger partial charge on any atom is -0.334 e. The highest BCUT2D eigenvalue weighted by atomic mass is 32.2. The van der Waals surface area contributed by atoms with Crippen molar-refractivity contribution in [2.45, 2.75) is 24.8 Å². The summed E-state index contributed by atoms with van der Waals surface area (Å²) in [6.45, 7) is 1.93. The molecule has 0 unspecified atom stereocenters. The van der Waals surface area contributed by atoms with Crippen molar-refractivity contribution >= 4 is 21.5 Å².